The van der Waals surface area contributed by atoms with Gasteiger partial charge in [-0.15, -0.1) is 10.2 Å². The van der Waals surface area contributed by atoms with Gasteiger partial charge in [-0.2, -0.15) is 0 Å². The first kappa shape index (κ1) is 20.8. The Hall–Kier alpha value is -2.92. The average molecular weight is 439 g/mol. The molecule has 29 heavy (non-hydrogen) atoms. The van der Waals surface area contributed by atoms with Gasteiger partial charge in [0.2, 0.25) is 0 Å². The van der Waals surface area contributed by atoms with Crippen LogP contribution in [0.5, 0.6) is 0 Å². The second-order valence-corrected chi connectivity index (χ2v) is 9.79. The molecule has 0 saturated heterocycles. The van der Waals surface area contributed by atoms with Gasteiger partial charge in [0.1, 0.15) is 16.5 Å². The minimum absolute atomic E-state index is 0.0927. The molecule has 1 N–H and O–H groups in total. The molecule has 7 nitrogen and oxygen atoms in total. The highest BCUT2D eigenvalue weighted by molar-refractivity contribution is 7.92. The zero-order valence-corrected chi connectivity index (χ0v) is 16.6. The van der Waals surface area contributed by atoms with Gasteiger partial charge >= 0.3 is 0 Å². The minimum atomic E-state index is -4.25. The van der Waals surface area contributed by atoms with Crippen molar-refractivity contribution in [2.45, 2.75) is 16.8 Å². The van der Waals surface area contributed by atoms with Gasteiger partial charge in [-0.25, -0.2) is 25.6 Å². The van der Waals surface area contributed by atoms with E-state index in [9.17, 15) is 25.6 Å². The molecule has 0 fully saturated rings. The van der Waals surface area contributed by atoms with E-state index in [4.69, 9.17) is 0 Å². The third kappa shape index (κ3) is 4.57. The molecule has 0 aliphatic carbocycles. The van der Waals surface area contributed by atoms with Gasteiger partial charge in [-0.05, 0) is 36.4 Å². The Morgan fingerprint density at radius 2 is 1.59 bits per heavy atom. The van der Waals surface area contributed by atoms with Crippen molar-refractivity contribution < 1.29 is 25.6 Å². The van der Waals surface area contributed by atoms with Crippen LogP contribution in [0.1, 0.15) is 6.92 Å². The molecule has 1 aromatic heterocycles. The first-order valence-electron chi connectivity index (χ1n) is 8.27. The molecule has 11 heteroatoms. The van der Waals surface area contributed by atoms with E-state index >= 15 is 0 Å². The molecule has 0 saturated carbocycles. The number of hydrogen-bond acceptors (Lipinski definition) is 6. The van der Waals surface area contributed by atoms with Crippen molar-refractivity contribution >= 4 is 25.5 Å². The molecule has 0 atom stereocenters. The standard InChI is InChI=1S/C18H15F2N3O4S2/c1-2-28(24,25)18-10-8-16(21-22-18)12-3-6-14(7-4-12)23-29(26,27)17-9-5-13(19)11-15(17)20/h3-11,23H,2H2,1H3. The monoisotopic (exact) mass is 439 g/mol. The fourth-order valence-electron chi connectivity index (χ4n) is 2.40. The van der Waals surface area contributed by atoms with Gasteiger partial charge in [0.05, 0.1) is 11.4 Å². The van der Waals surface area contributed by atoms with Crippen molar-refractivity contribution in [2.75, 3.05) is 10.5 Å². The predicted octanol–water partition coefficient (Wildman–Crippen LogP) is 3.02. The number of nitrogens with one attached hydrogen (secondary N) is 1. The number of hydrogen-bond donors (Lipinski definition) is 1. The molecule has 3 aromatic rings. The summed E-state index contributed by atoms with van der Waals surface area (Å²) in [6, 6.07) is 10.9. The maximum atomic E-state index is 13.8. The molecule has 0 spiro atoms. The molecule has 152 valence electrons. The van der Waals surface area contributed by atoms with Gasteiger partial charge in [-0.1, -0.05) is 19.1 Å². The highest BCUT2D eigenvalue weighted by atomic mass is 32.2. The Morgan fingerprint density at radius 1 is 0.897 bits per heavy atom. The highest BCUT2D eigenvalue weighted by Crippen LogP contribution is 2.23. The maximum Gasteiger partial charge on any atom is 0.264 e. The molecular formula is C18H15F2N3O4S2. The molecule has 0 aliphatic rings. The summed E-state index contributed by atoms with van der Waals surface area (Å²) in [6.07, 6.45) is 0. The molecular weight excluding hydrogens is 424 g/mol. The third-order valence-corrected chi connectivity index (χ3v) is 6.98. The van der Waals surface area contributed by atoms with E-state index in [0.29, 0.717) is 17.3 Å². The lowest BCUT2D eigenvalue weighted by molar-refractivity contribution is 0.551. The summed E-state index contributed by atoms with van der Waals surface area (Å²) < 4.78 is 77.1. The van der Waals surface area contributed by atoms with Gasteiger partial charge < -0.3 is 0 Å². The summed E-state index contributed by atoms with van der Waals surface area (Å²) in [5, 5.41) is 7.47. The first-order chi connectivity index (χ1) is 13.6. The van der Waals surface area contributed by atoms with Crippen LogP contribution in [0.3, 0.4) is 0 Å². The number of sulfone groups is 1. The Balaban J connectivity index is 1.81. The zero-order chi connectivity index (χ0) is 21.2. The Kier molecular flexibility index (Phi) is 5.62. The Morgan fingerprint density at radius 3 is 2.14 bits per heavy atom. The van der Waals surface area contributed by atoms with E-state index in [0.717, 1.165) is 12.1 Å². The number of rotatable bonds is 6. The second kappa shape index (κ2) is 7.84. The van der Waals surface area contributed by atoms with E-state index in [1.807, 2.05) is 0 Å². The largest absolute Gasteiger partial charge is 0.280 e. The van der Waals surface area contributed by atoms with E-state index in [1.165, 1.54) is 43.3 Å². The van der Waals surface area contributed by atoms with E-state index in [-0.39, 0.29) is 16.5 Å². The lowest BCUT2D eigenvalue weighted by Gasteiger charge is -2.09. The van der Waals surface area contributed by atoms with Crippen LogP contribution < -0.4 is 4.72 Å². The van der Waals surface area contributed by atoms with Crippen LogP contribution in [-0.2, 0) is 19.9 Å². The van der Waals surface area contributed by atoms with Crippen LogP contribution in [-0.4, -0.2) is 32.8 Å². The molecule has 3 rings (SSSR count). The highest BCUT2D eigenvalue weighted by Gasteiger charge is 2.20. The summed E-state index contributed by atoms with van der Waals surface area (Å²) in [4.78, 5) is -0.679. The van der Waals surface area contributed by atoms with Crippen LogP contribution in [0.15, 0.2) is 64.5 Å². The second-order valence-electron chi connectivity index (χ2n) is 5.92. The molecule has 2 aromatic carbocycles. The fourth-order valence-corrected chi connectivity index (χ4v) is 4.26. The van der Waals surface area contributed by atoms with Crippen molar-refractivity contribution in [3.63, 3.8) is 0 Å². The van der Waals surface area contributed by atoms with Gasteiger partial charge in [0.15, 0.2) is 14.9 Å². The van der Waals surface area contributed by atoms with Crippen molar-refractivity contribution in [3.05, 3.63) is 66.2 Å². The van der Waals surface area contributed by atoms with E-state index in [1.54, 1.807) is 0 Å². The summed E-state index contributed by atoms with van der Waals surface area (Å²) in [6.45, 7) is 1.50. The van der Waals surface area contributed by atoms with Gasteiger partial charge in [0.25, 0.3) is 10.0 Å². The van der Waals surface area contributed by atoms with Crippen molar-refractivity contribution in [1.82, 2.24) is 10.2 Å². The van der Waals surface area contributed by atoms with Gasteiger partial charge in [0, 0.05) is 17.3 Å². The zero-order valence-electron chi connectivity index (χ0n) is 15.0. The van der Waals surface area contributed by atoms with Crippen molar-refractivity contribution in [3.8, 4) is 11.3 Å². The van der Waals surface area contributed by atoms with Crippen LogP contribution in [0, 0.1) is 11.6 Å². The summed E-state index contributed by atoms with van der Waals surface area (Å²) >= 11 is 0. The number of anilines is 1. The first-order valence-corrected chi connectivity index (χ1v) is 11.4. The maximum absolute atomic E-state index is 13.8. The van der Waals surface area contributed by atoms with Crippen LogP contribution in [0.2, 0.25) is 0 Å². The molecule has 0 bridgehead atoms. The molecule has 0 radical (unpaired) electrons. The van der Waals surface area contributed by atoms with E-state index in [2.05, 4.69) is 14.9 Å². The number of halogens is 2. The normalized spacial score (nSPS) is 12.0. The lowest BCUT2D eigenvalue weighted by atomic mass is 10.1. The lowest BCUT2D eigenvalue weighted by Crippen LogP contribution is -2.14. The predicted molar refractivity (Wildman–Crippen MR) is 102 cm³/mol. The Labute approximate surface area is 166 Å². The number of aromatic nitrogens is 2. The van der Waals surface area contributed by atoms with Crippen LogP contribution in [0.4, 0.5) is 14.5 Å². The number of sulfonamides is 1. The summed E-state index contributed by atoms with van der Waals surface area (Å²) in [5.41, 5.74) is 1.10. The van der Waals surface area contributed by atoms with Crippen LogP contribution in [0.25, 0.3) is 11.3 Å². The molecule has 0 aliphatic heterocycles. The number of nitrogens with zero attached hydrogens (tertiary/aromatic N) is 2. The minimum Gasteiger partial charge on any atom is -0.280 e. The smallest absolute Gasteiger partial charge is 0.264 e. The topological polar surface area (TPSA) is 106 Å². The van der Waals surface area contributed by atoms with Crippen molar-refractivity contribution in [1.29, 1.82) is 0 Å². The summed E-state index contributed by atoms with van der Waals surface area (Å²) in [5.74, 6) is -2.18. The van der Waals surface area contributed by atoms with E-state index < -0.39 is 36.4 Å². The van der Waals surface area contributed by atoms with Gasteiger partial charge in [-0.3, -0.25) is 4.72 Å². The number of benzene rings is 2. The third-order valence-electron chi connectivity index (χ3n) is 3.96. The average Bonchev–Trinajstić information content (AvgIpc) is 2.68. The summed E-state index contributed by atoms with van der Waals surface area (Å²) in [7, 11) is -7.71. The van der Waals surface area contributed by atoms with Crippen LogP contribution >= 0.6 is 0 Å². The molecule has 1 heterocycles. The Bertz CT molecular complexity index is 1250. The quantitative estimate of drug-likeness (QED) is 0.633. The molecule has 0 unspecified atom stereocenters. The molecule has 0 amide bonds. The van der Waals surface area contributed by atoms with Crippen molar-refractivity contribution in [2.24, 2.45) is 0 Å². The fraction of sp³-hybridized carbons (Fsp3) is 0.111. The SMILES string of the molecule is CCS(=O)(=O)c1ccc(-c2ccc(NS(=O)(=O)c3ccc(F)cc3F)cc2)nn1.